The molecule has 0 aliphatic carbocycles. The van der Waals surface area contributed by atoms with Gasteiger partial charge in [-0.05, 0) is 47.7 Å². The topological polar surface area (TPSA) is 55.4 Å². The molecule has 0 fully saturated rings. The van der Waals surface area contributed by atoms with E-state index < -0.39 is 11.5 Å². The molecule has 0 aliphatic heterocycles. The molecule has 1 amide bonds. The molecule has 4 nitrogen and oxygen atoms in total. The molecular formula is C23H25NO3. The van der Waals surface area contributed by atoms with Gasteiger partial charge in [0, 0.05) is 29.8 Å². The summed E-state index contributed by atoms with van der Waals surface area (Å²) in [7, 11) is 1.54. The van der Waals surface area contributed by atoms with Crippen LogP contribution in [0.3, 0.4) is 0 Å². The first kappa shape index (κ1) is 18.9. The van der Waals surface area contributed by atoms with Crippen LogP contribution in [0.15, 0.2) is 42.5 Å². The van der Waals surface area contributed by atoms with Crippen molar-refractivity contribution < 1.29 is 14.3 Å². The molecule has 3 aromatic rings. The van der Waals surface area contributed by atoms with Crippen molar-refractivity contribution in [3.63, 3.8) is 0 Å². The Balaban J connectivity index is 2.37. The van der Waals surface area contributed by atoms with Crippen molar-refractivity contribution in [2.75, 3.05) is 7.05 Å². The molecule has 0 atom stereocenters. The number of hydrogen-bond donors (Lipinski definition) is 1. The lowest BCUT2D eigenvalue weighted by Crippen LogP contribution is -2.27. The van der Waals surface area contributed by atoms with Crippen LogP contribution >= 0.6 is 0 Å². The van der Waals surface area contributed by atoms with Crippen molar-refractivity contribution in [1.29, 1.82) is 0 Å². The lowest BCUT2D eigenvalue weighted by molar-refractivity contribution is -0.118. The number of benzene rings is 3. The molecule has 0 saturated heterocycles. The van der Waals surface area contributed by atoms with Gasteiger partial charge in [-0.25, -0.2) is 4.79 Å². The summed E-state index contributed by atoms with van der Waals surface area (Å²) < 4.78 is 5.74. The van der Waals surface area contributed by atoms with Crippen LogP contribution in [-0.4, -0.2) is 18.9 Å². The van der Waals surface area contributed by atoms with E-state index in [1.54, 1.807) is 6.92 Å². The monoisotopic (exact) mass is 363 g/mol. The molecule has 140 valence electrons. The largest absolute Gasteiger partial charge is 0.412 e. The standard InChI is InChI=1S/C23H25NO3/c1-14-10-18-11-16-8-6-7-9-17(16)12-19(18)21(27-22(26)24-5)20(14)23(3,4)13-15(2)25/h6-12H,13H2,1-5H3,(H,24,26). The minimum atomic E-state index is -0.519. The van der Waals surface area contributed by atoms with E-state index in [2.05, 4.69) is 29.6 Å². The molecule has 0 radical (unpaired) electrons. The fourth-order valence-corrected chi connectivity index (χ4v) is 3.99. The molecule has 3 aromatic carbocycles. The van der Waals surface area contributed by atoms with Gasteiger partial charge in [-0.3, -0.25) is 4.79 Å². The third-order valence-corrected chi connectivity index (χ3v) is 4.92. The summed E-state index contributed by atoms with van der Waals surface area (Å²) in [6.45, 7) is 7.62. The van der Waals surface area contributed by atoms with E-state index in [0.29, 0.717) is 12.2 Å². The minimum absolute atomic E-state index is 0.101. The number of carbonyl (C=O) groups excluding carboxylic acids is 2. The predicted octanol–water partition coefficient (Wildman–Crippen LogP) is 5.28. The number of amides is 1. The molecule has 0 unspecified atom stereocenters. The quantitative estimate of drug-likeness (QED) is 0.642. The van der Waals surface area contributed by atoms with Gasteiger partial charge in [0.2, 0.25) is 0 Å². The zero-order valence-corrected chi connectivity index (χ0v) is 16.5. The fraction of sp³-hybridized carbons (Fsp3) is 0.304. The summed E-state index contributed by atoms with van der Waals surface area (Å²) in [5.74, 6) is 0.630. The second kappa shape index (κ2) is 7.03. The summed E-state index contributed by atoms with van der Waals surface area (Å²) in [5, 5.41) is 6.61. The molecule has 0 spiro atoms. The van der Waals surface area contributed by atoms with Crippen molar-refractivity contribution in [2.45, 2.75) is 39.5 Å². The highest BCUT2D eigenvalue weighted by atomic mass is 16.6. The molecule has 3 rings (SSSR count). The Morgan fingerprint density at radius 3 is 2.26 bits per heavy atom. The lowest BCUT2D eigenvalue weighted by atomic mass is 9.76. The zero-order chi connectivity index (χ0) is 19.8. The molecule has 27 heavy (non-hydrogen) atoms. The van der Waals surface area contributed by atoms with Crippen LogP contribution < -0.4 is 10.1 Å². The number of carbonyl (C=O) groups is 2. The maximum atomic E-state index is 12.1. The Morgan fingerprint density at radius 2 is 1.67 bits per heavy atom. The van der Waals surface area contributed by atoms with Gasteiger partial charge in [0.05, 0.1) is 0 Å². The molecule has 0 bridgehead atoms. The molecule has 0 aromatic heterocycles. The van der Waals surface area contributed by atoms with Gasteiger partial charge >= 0.3 is 6.09 Å². The molecule has 0 aliphatic rings. The van der Waals surface area contributed by atoms with E-state index in [1.807, 2.05) is 39.0 Å². The zero-order valence-electron chi connectivity index (χ0n) is 16.5. The average Bonchev–Trinajstić information content (AvgIpc) is 2.58. The molecule has 0 heterocycles. The summed E-state index contributed by atoms with van der Waals surface area (Å²) in [4.78, 5) is 24.0. The van der Waals surface area contributed by atoms with Gasteiger partial charge in [-0.1, -0.05) is 44.2 Å². The van der Waals surface area contributed by atoms with Crippen LogP contribution in [0.25, 0.3) is 21.5 Å². The van der Waals surface area contributed by atoms with E-state index >= 15 is 0 Å². The highest BCUT2D eigenvalue weighted by Gasteiger charge is 2.30. The normalized spacial score (nSPS) is 11.6. The van der Waals surface area contributed by atoms with Crippen LogP contribution in [0.2, 0.25) is 0 Å². The fourth-order valence-electron chi connectivity index (χ4n) is 3.99. The number of hydrogen-bond acceptors (Lipinski definition) is 3. The highest BCUT2D eigenvalue weighted by molar-refractivity contribution is 6.03. The number of ketones is 1. The van der Waals surface area contributed by atoms with E-state index in [1.165, 1.54) is 7.05 Å². The van der Waals surface area contributed by atoms with Crippen molar-refractivity contribution in [1.82, 2.24) is 5.32 Å². The first-order valence-corrected chi connectivity index (χ1v) is 9.08. The SMILES string of the molecule is CNC(=O)Oc1c(C(C)(C)CC(C)=O)c(C)cc2cc3ccccc3cc12. The number of ether oxygens (including phenoxy) is 1. The number of aryl methyl sites for hydroxylation is 1. The van der Waals surface area contributed by atoms with Crippen molar-refractivity contribution in [3.05, 3.63) is 53.6 Å². The number of fused-ring (bicyclic) bond motifs is 2. The van der Waals surface area contributed by atoms with Gasteiger partial charge < -0.3 is 10.1 Å². The van der Waals surface area contributed by atoms with Gasteiger partial charge in [0.1, 0.15) is 11.5 Å². The van der Waals surface area contributed by atoms with E-state index in [-0.39, 0.29) is 5.78 Å². The van der Waals surface area contributed by atoms with Crippen LogP contribution in [0, 0.1) is 6.92 Å². The first-order chi connectivity index (χ1) is 12.7. The third kappa shape index (κ3) is 3.65. The third-order valence-electron chi connectivity index (χ3n) is 4.92. The van der Waals surface area contributed by atoms with Crippen LogP contribution in [0.1, 0.15) is 38.3 Å². The Labute approximate surface area is 159 Å². The Bertz CT molecular complexity index is 1050. The van der Waals surface area contributed by atoms with Crippen LogP contribution in [0.5, 0.6) is 5.75 Å². The Hall–Kier alpha value is -2.88. The highest BCUT2D eigenvalue weighted by Crippen LogP contribution is 2.43. The van der Waals surface area contributed by atoms with Crippen molar-refractivity contribution in [2.24, 2.45) is 0 Å². The van der Waals surface area contributed by atoms with Gasteiger partial charge in [-0.2, -0.15) is 0 Å². The first-order valence-electron chi connectivity index (χ1n) is 9.08. The van der Waals surface area contributed by atoms with Crippen molar-refractivity contribution >= 4 is 33.4 Å². The predicted molar refractivity (Wildman–Crippen MR) is 110 cm³/mol. The van der Waals surface area contributed by atoms with Crippen LogP contribution in [0.4, 0.5) is 4.79 Å². The number of nitrogens with one attached hydrogen (secondary N) is 1. The molecule has 4 heteroatoms. The summed E-state index contributed by atoms with van der Waals surface area (Å²) in [6.07, 6.45) is -0.147. The maximum absolute atomic E-state index is 12.1. The van der Waals surface area contributed by atoms with Gasteiger partial charge in [0.15, 0.2) is 0 Å². The van der Waals surface area contributed by atoms with Crippen molar-refractivity contribution in [3.8, 4) is 5.75 Å². The van der Waals surface area contributed by atoms with E-state index in [9.17, 15) is 9.59 Å². The molecular weight excluding hydrogens is 338 g/mol. The smallest absolute Gasteiger partial charge is 0.409 e. The van der Waals surface area contributed by atoms with Crippen LogP contribution in [-0.2, 0) is 10.2 Å². The summed E-state index contributed by atoms with van der Waals surface area (Å²) in [6, 6.07) is 14.4. The summed E-state index contributed by atoms with van der Waals surface area (Å²) >= 11 is 0. The van der Waals surface area contributed by atoms with Gasteiger partial charge in [-0.15, -0.1) is 0 Å². The Kier molecular flexibility index (Phi) is 4.92. The number of rotatable bonds is 4. The Morgan fingerprint density at radius 1 is 1.04 bits per heavy atom. The van der Waals surface area contributed by atoms with E-state index in [4.69, 9.17) is 4.74 Å². The molecule has 1 N–H and O–H groups in total. The minimum Gasteiger partial charge on any atom is -0.409 e. The number of Topliss-reactive ketones (excluding diaryl/α,β-unsaturated/α-hetero) is 1. The van der Waals surface area contributed by atoms with E-state index in [0.717, 1.165) is 32.7 Å². The lowest BCUT2D eigenvalue weighted by Gasteiger charge is -2.29. The summed E-state index contributed by atoms with van der Waals surface area (Å²) in [5.41, 5.74) is 1.44. The second-order valence-corrected chi connectivity index (χ2v) is 7.72. The van der Waals surface area contributed by atoms with Gasteiger partial charge in [0.25, 0.3) is 0 Å². The second-order valence-electron chi connectivity index (χ2n) is 7.72. The maximum Gasteiger partial charge on any atom is 0.412 e. The molecule has 0 saturated carbocycles. The average molecular weight is 363 g/mol.